The van der Waals surface area contributed by atoms with Crippen LogP contribution in [0, 0.1) is 0 Å². The maximum absolute atomic E-state index is 6.18. The van der Waals surface area contributed by atoms with Gasteiger partial charge in [-0.05, 0) is 55.9 Å². The average molecular weight is 474 g/mol. The molecule has 3 aromatic rings. The van der Waals surface area contributed by atoms with E-state index in [9.17, 15) is 0 Å². The van der Waals surface area contributed by atoms with Gasteiger partial charge in [-0.15, -0.1) is 0 Å². The van der Waals surface area contributed by atoms with Crippen molar-refractivity contribution in [3.8, 4) is 22.8 Å². The Morgan fingerprint density at radius 1 is 1.06 bits per heavy atom. The van der Waals surface area contributed by atoms with Crippen molar-refractivity contribution in [1.82, 2.24) is 20.2 Å². The van der Waals surface area contributed by atoms with Crippen molar-refractivity contribution in [3.63, 3.8) is 0 Å². The lowest BCUT2D eigenvalue weighted by atomic mass is 10.1. The second-order valence-corrected chi connectivity index (χ2v) is 8.36. The first-order chi connectivity index (χ1) is 17.2. The highest BCUT2D eigenvalue weighted by atomic mass is 16.5. The number of nitrogens with zero attached hydrogens (tertiary/aromatic N) is 3. The molecule has 0 spiro atoms. The van der Waals surface area contributed by atoms with Crippen LogP contribution >= 0.6 is 0 Å². The molecule has 0 aliphatic carbocycles. The summed E-state index contributed by atoms with van der Waals surface area (Å²) in [6.45, 7) is 10.1. The van der Waals surface area contributed by atoms with Gasteiger partial charge in [0, 0.05) is 42.6 Å². The van der Waals surface area contributed by atoms with E-state index >= 15 is 0 Å². The summed E-state index contributed by atoms with van der Waals surface area (Å²) in [6.07, 6.45) is 6.91. The Hall–Kier alpha value is -3.42. The first-order valence-electron chi connectivity index (χ1n) is 12.4. The molecule has 1 aliphatic heterocycles. The number of aromatic nitrogens is 2. The van der Waals surface area contributed by atoms with Crippen LogP contribution in [-0.4, -0.2) is 54.3 Å². The summed E-state index contributed by atoms with van der Waals surface area (Å²) in [7, 11) is 0. The lowest BCUT2D eigenvalue weighted by Crippen LogP contribution is -2.28. The fraction of sp³-hybridized carbons (Fsp3) is 0.357. The highest BCUT2D eigenvalue weighted by Crippen LogP contribution is 2.26. The molecule has 0 radical (unpaired) electrons. The smallest absolute Gasteiger partial charge is 0.227 e. The third kappa shape index (κ3) is 7.28. The lowest BCUT2D eigenvalue weighted by molar-refractivity contribution is 0.221. The monoisotopic (exact) mass is 473 g/mol. The molecule has 0 fully saturated rings. The van der Waals surface area contributed by atoms with Crippen LogP contribution in [0.1, 0.15) is 25.8 Å². The van der Waals surface area contributed by atoms with Crippen molar-refractivity contribution in [2.24, 2.45) is 0 Å². The maximum Gasteiger partial charge on any atom is 0.227 e. The molecule has 1 aromatic heterocycles. The predicted octanol–water partition coefficient (Wildman–Crippen LogP) is 5.04. The van der Waals surface area contributed by atoms with Crippen LogP contribution in [-0.2, 0) is 6.54 Å². The normalized spacial score (nSPS) is 14.8. The maximum atomic E-state index is 6.18. The fourth-order valence-corrected chi connectivity index (χ4v) is 3.95. The van der Waals surface area contributed by atoms with E-state index < -0.39 is 0 Å². The lowest BCUT2D eigenvalue weighted by Gasteiger charge is -2.19. The molecular formula is C28H35N5O2. The molecule has 0 saturated carbocycles. The van der Waals surface area contributed by atoms with Crippen molar-refractivity contribution in [3.05, 3.63) is 72.4 Å². The van der Waals surface area contributed by atoms with Gasteiger partial charge in [0.1, 0.15) is 18.1 Å². The van der Waals surface area contributed by atoms with Gasteiger partial charge in [0.15, 0.2) is 0 Å². The molecule has 2 heterocycles. The number of likely N-dealkylation sites (N-methyl/N-ethyl adjacent to an activating group) is 1. The zero-order chi connectivity index (χ0) is 24.3. The van der Waals surface area contributed by atoms with E-state index in [2.05, 4.69) is 52.6 Å². The van der Waals surface area contributed by atoms with E-state index in [0.29, 0.717) is 25.7 Å². The molecule has 7 heteroatoms. The number of hydrogen-bond acceptors (Lipinski definition) is 7. The van der Waals surface area contributed by atoms with Crippen molar-refractivity contribution in [2.75, 3.05) is 44.7 Å². The molecule has 184 valence electrons. The summed E-state index contributed by atoms with van der Waals surface area (Å²) in [5.41, 5.74) is 3.85. The second kappa shape index (κ2) is 12.9. The minimum Gasteiger partial charge on any atom is -0.493 e. The average Bonchev–Trinajstić information content (AvgIpc) is 2.89. The first kappa shape index (κ1) is 24.7. The predicted molar refractivity (Wildman–Crippen MR) is 141 cm³/mol. The van der Waals surface area contributed by atoms with Crippen LogP contribution in [0.2, 0.25) is 0 Å². The van der Waals surface area contributed by atoms with Crippen LogP contribution < -0.4 is 20.1 Å². The highest BCUT2D eigenvalue weighted by molar-refractivity contribution is 5.64. The minimum atomic E-state index is 0.548. The largest absolute Gasteiger partial charge is 0.493 e. The minimum absolute atomic E-state index is 0.548. The van der Waals surface area contributed by atoms with Gasteiger partial charge >= 0.3 is 0 Å². The van der Waals surface area contributed by atoms with Gasteiger partial charge in [-0.3, -0.25) is 0 Å². The molecule has 6 bridgehead atoms. The number of nitrogens with one attached hydrogen (secondary N) is 2. The molecular weight excluding hydrogens is 438 g/mol. The molecule has 0 atom stereocenters. The summed E-state index contributed by atoms with van der Waals surface area (Å²) >= 11 is 0. The van der Waals surface area contributed by atoms with Crippen LogP contribution in [0.5, 0.6) is 11.5 Å². The van der Waals surface area contributed by atoms with Gasteiger partial charge in [0.05, 0.1) is 12.3 Å². The number of rotatable bonds is 6. The van der Waals surface area contributed by atoms with Crippen molar-refractivity contribution >= 4 is 11.6 Å². The molecule has 35 heavy (non-hydrogen) atoms. The Balaban J connectivity index is 1.57. The van der Waals surface area contributed by atoms with Gasteiger partial charge in [0.25, 0.3) is 0 Å². The SMILES string of the molecule is CCN(CC)CCOc1ccc2cc1CNC/C=C\CCOc1cccc(c1)-c1ccnc(n1)N2. The first-order valence-corrected chi connectivity index (χ1v) is 12.4. The molecule has 1 aliphatic rings. The molecule has 0 unspecified atom stereocenters. The quantitative estimate of drug-likeness (QED) is 0.486. The topological polar surface area (TPSA) is 71.5 Å². The highest BCUT2D eigenvalue weighted by Gasteiger charge is 2.09. The van der Waals surface area contributed by atoms with Crippen molar-refractivity contribution < 1.29 is 9.47 Å². The molecule has 4 rings (SSSR count). The standard InChI is InChI=1S/C28H35N5O2/c1-3-33(4-2)16-18-35-27-12-11-24-19-23(27)21-29-14-6-5-7-17-34-25-10-8-9-22(20-25)26-13-15-30-28(31-24)32-26/h5-6,8-13,15,19-20,29H,3-4,7,14,16-18,21H2,1-2H3,(H,30,31,32)/b6-5-. The van der Waals surface area contributed by atoms with Crippen molar-refractivity contribution in [2.45, 2.75) is 26.8 Å². The van der Waals surface area contributed by atoms with E-state index in [4.69, 9.17) is 14.5 Å². The van der Waals surface area contributed by atoms with Crippen LogP contribution in [0.4, 0.5) is 11.6 Å². The summed E-state index contributed by atoms with van der Waals surface area (Å²) in [4.78, 5) is 11.5. The van der Waals surface area contributed by atoms with E-state index in [1.54, 1.807) is 6.20 Å². The number of hydrogen-bond donors (Lipinski definition) is 2. The van der Waals surface area contributed by atoms with Crippen LogP contribution in [0.25, 0.3) is 11.3 Å². The second-order valence-electron chi connectivity index (χ2n) is 8.36. The molecule has 2 aromatic carbocycles. The Labute approximate surface area is 208 Å². The van der Waals surface area contributed by atoms with Crippen molar-refractivity contribution in [1.29, 1.82) is 0 Å². The van der Waals surface area contributed by atoms with Gasteiger partial charge in [-0.25, -0.2) is 9.97 Å². The Bertz CT molecular complexity index is 1110. The summed E-state index contributed by atoms with van der Waals surface area (Å²) < 4.78 is 12.1. The van der Waals surface area contributed by atoms with Gasteiger partial charge in [0.2, 0.25) is 5.95 Å². The van der Waals surface area contributed by atoms with Gasteiger partial charge in [-0.2, -0.15) is 0 Å². The Morgan fingerprint density at radius 3 is 2.86 bits per heavy atom. The van der Waals surface area contributed by atoms with E-state index in [-0.39, 0.29) is 0 Å². The zero-order valence-corrected chi connectivity index (χ0v) is 20.7. The zero-order valence-electron chi connectivity index (χ0n) is 20.7. The fourth-order valence-electron chi connectivity index (χ4n) is 3.95. The Morgan fingerprint density at radius 2 is 1.97 bits per heavy atom. The van der Waals surface area contributed by atoms with Gasteiger partial charge in [-0.1, -0.05) is 38.1 Å². The van der Waals surface area contributed by atoms with E-state index in [0.717, 1.165) is 66.6 Å². The number of fused-ring (bicyclic) bond motifs is 7. The third-order valence-electron chi connectivity index (χ3n) is 5.96. The molecule has 0 amide bonds. The summed E-state index contributed by atoms with van der Waals surface area (Å²) in [6, 6.07) is 16.1. The molecule has 0 saturated heterocycles. The summed E-state index contributed by atoms with van der Waals surface area (Å²) in [5, 5.41) is 6.85. The van der Waals surface area contributed by atoms with E-state index in [1.807, 2.05) is 42.5 Å². The molecule has 2 N–H and O–H groups in total. The summed E-state index contributed by atoms with van der Waals surface area (Å²) in [5.74, 6) is 2.28. The van der Waals surface area contributed by atoms with Crippen LogP contribution in [0.3, 0.4) is 0 Å². The van der Waals surface area contributed by atoms with Crippen LogP contribution in [0.15, 0.2) is 66.9 Å². The van der Waals surface area contributed by atoms with E-state index in [1.165, 1.54) is 0 Å². The number of anilines is 2. The number of ether oxygens (including phenoxy) is 2. The van der Waals surface area contributed by atoms with Gasteiger partial charge < -0.3 is 25.0 Å². The number of benzene rings is 2. The Kier molecular flexibility index (Phi) is 9.09. The third-order valence-corrected chi connectivity index (χ3v) is 5.96. The molecule has 7 nitrogen and oxygen atoms in total.